The van der Waals surface area contributed by atoms with Gasteiger partial charge in [-0.05, 0) is 106 Å². The van der Waals surface area contributed by atoms with Gasteiger partial charge in [0.05, 0.1) is 29.4 Å². The number of carbonyl (C=O) groups excluding carboxylic acids is 4. The van der Waals surface area contributed by atoms with Gasteiger partial charge >= 0.3 is 23.6 Å². The molecule has 17 heteroatoms. The first-order valence-corrected chi connectivity index (χ1v) is 21.2. The predicted octanol–water partition coefficient (Wildman–Crippen LogP) is 4.99. The number of anilines is 2. The normalized spacial score (nSPS) is 24.2. The molecule has 0 spiro atoms. The SMILES string of the molecule is CC1CCC(c2ccnc(OC3CC3)c2)N(C(=O)C(=O)Nc2cnc(N)c3cn(C4CCCCO4)nc23)C1.CC1CCC(c2ccnc(OC3CC3)c2)N(C(=O)C(N)=O)C1. The number of ether oxygens (including phenoxy) is 3. The van der Waals surface area contributed by atoms with Crippen LogP contribution in [0.3, 0.4) is 0 Å². The molecule has 5 unspecified atom stereocenters. The van der Waals surface area contributed by atoms with Crippen molar-refractivity contribution in [1.29, 1.82) is 0 Å². The Hall–Kier alpha value is -5.84. The number of amides is 4. The fourth-order valence-corrected chi connectivity index (χ4v) is 8.22. The van der Waals surface area contributed by atoms with Gasteiger partial charge in [0.25, 0.3) is 0 Å². The number of carbonyl (C=O) groups is 4. The van der Waals surface area contributed by atoms with Crippen LogP contribution in [-0.4, -0.2) is 90.1 Å². The molecular formula is C43H54N10O7. The smallest absolute Gasteiger partial charge is 0.314 e. The summed E-state index contributed by atoms with van der Waals surface area (Å²) in [5.41, 5.74) is 14.0. The van der Waals surface area contributed by atoms with E-state index >= 15 is 0 Å². The molecule has 5 aliphatic rings. The van der Waals surface area contributed by atoms with Gasteiger partial charge in [0.2, 0.25) is 11.8 Å². The highest BCUT2D eigenvalue weighted by Crippen LogP contribution is 2.37. The van der Waals surface area contributed by atoms with Gasteiger partial charge in [-0.2, -0.15) is 5.10 Å². The van der Waals surface area contributed by atoms with Crippen LogP contribution in [0.25, 0.3) is 10.9 Å². The quantitative estimate of drug-likeness (QED) is 0.200. The lowest BCUT2D eigenvalue weighted by Crippen LogP contribution is -2.46. The number of nitrogen functional groups attached to an aromatic ring is 1. The zero-order valence-electron chi connectivity index (χ0n) is 34.2. The van der Waals surface area contributed by atoms with E-state index in [1.807, 2.05) is 24.3 Å². The lowest BCUT2D eigenvalue weighted by molar-refractivity contribution is -0.147. The molecule has 3 aliphatic heterocycles. The number of aromatic nitrogens is 5. The molecule has 17 nitrogen and oxygen atoms in total. The highest BCUT2D eigenvalue weighted by molar-refractivity contribution is 6.40. The van der Waals surface area contributed by atoms with Crippen LogP contribution >= 0.6 is 0 Å². The summed E-state index contributed by atoms with van der Waals surface area (Å²) in [5, 5.41) is 8.01. The topological polar surface area (TPSA) is 223 Å². The number of likely N-dealkylation sites (tertiary alicyclic amines) is 2. The molecule has 9 rings (SSSR count). The van der Waals surface area contributed by atoms with Crippen LogP contribution < -0.4 is 26.3 Å². The molecule has 7 heterocycles. The Morgan fingerprint density at radius 2 is 1.35 bits per heavy atom. The highest BCUT2D eigenvalue weighted by Gasteiger charge is 2.36. The first-order chi connectivity index (χ1) is 29.0. The summed E-state index contributed by atoms with van der Waals surface area (Å²) >= 11 is 0. The van der Waals surface area contributed by atoms with Gasteiger partial charge in [-0.15, -0.1) is 0 Å². The molecule has 2 saturated carbocycles. The van der Waals surface area contributed by atoms with E-state index < -0.39 is 23.6 Å². The van der Waals surface area contributed by atoms with Crippen molar-refractivity contribution < 1.29 is 33.4 Å². The van der Waals surface area contributed by atoms with Gasteiger partial charge < -0.3 is 40.8 Å². The van der Waals surface area contributed by atoms with Crippen LogP contribution in [0.5, 0.6) is 11.8 Å². The average molecular weight is 823 g/mol. The number of piperidine rings is 2. The summed E-state index contributed by atoms with van der Waals surface area (Å²) in [6.07, 6.45) is 17.6. The Bertz CT molecular complexity index is 2220. The Balaban J connectivity index is 0.000000193. The van der Waals surface area contributed by atoms with Crippen LogP contribution in [0.4, 0.5) is 11.5 Å². The first kappa shape index (κ1) is 40.9. The molecule has 2 aliphatic carbocycles. The van der Waals surface area contributed by atoms with Gasteiger partial charge in [-0.3, -0.25) is 19.2 Å². The summed E-state index contributed by atoms with van der Waals surface area (Å²) in [7, 11) is 0. The number of nitrogens with one attached hydrogen (secondary N) is 1. The molecule has 3 saturated heterocycles. The second-order valence-corrected chi connectivity index (χ2v) is 16.9. The number of fused-ring (bicyclic) bond motifs is 1. The fourth-order valence-electron chi connectivity index (χ4n) is 8.22. The van der Waals surface area contributed by atoms with E-state index in [0.717, 1.165) is 81.8 Å². The van der Waals surface area contributed by atoms with Crippen molar-refractivity contribution in [3.63, 3.8) is 0 Å². The van der Waals surface area contributed by atoms with E-state index in [2.05, 4.69) is 39.2 Å². The van der Waals surface area contributed by atoms with E-state index in [1.54, 1.807) is 33.1 Å². The lowest BCUT2D eigenvalue weighted by Gasteiger charge is -2.38. The number of nitrogens with two attached hydrogens (primary N) is 2. The Morgan fingerprint density at radius 1 is 0.767 bits per heavy atom. The van der Waals surface area contributed by atoms with Gasteiger partial charge in [-0.1, -0.05) is 13.8 Å². The third kappa shape index (κ3) is 9.61. The maximum Gasteiger partial charge on any atom is 0.314 e. The zero-order chi connectivity index (χ0) is 41.9. The fraction of sp³-hybridized carbons (Fsp3) is 0.535. The van der Waals surface area contributed by atoms with Gasteiger partial charge in [0.15, 0.2) is 0 Å². The standard InChI is InChI=1S/C27H33N7O4.C16H21N3O3/c1-16-5-8-21(17-9-10-29-22(12-17)38-18-6-7-18)33(14-16)27(36)26(35)31-20-13-30-25(28)19-15-34(32-24(19)20)23-4-2-3-11-37-23;1-10-2-5-13(19(9-10)16(21)15(17)20)11-6-7-18-14(8-11)22-12-3-4-12/h9-10,12-13,15-16,18,21,23H,2-8,11,14H2,1H3,(H2,28,30)(H,31,35);6-8,10,12-13H,2-5,9H2,1H3,(H2,17,20). The van der Waals surface area contributed by atoms with E-state index in [-0.39, 0.29) is 36.4 Å². The molecule has 5 N–H and O–H groups in total. The lowest BCUT2D eigenvalue weighted by atomic mass is 9.90. The average Bonchev–Trinajstić information content (AvgIpc) is 4.20. The van der Waals surface area contributed by atoms with Crippen LogP contribution in [0.15, 0.2) is 49.1 Å². The molecule has 60 heavy (non-hydrogen) atoms. The maximum absolute atomic E-state index is 13.5. The molecule has 5 atom stereocenters. The molecule has 4 aromatic heterocycles. The molecule has 0 aromatic carbocycles. The Kier molecular flexibility index (Phi) is 12.1. The molecular weight excluding hydrogens is 769 g/mol. The van der Waals surface area contributed by atoms with Gasteiger partial charge in [-0.25, -0.2) is 19.6 Å². The summed E-state index contributed by atoms with van der Waals surface area (Å²) in [5.74, 6) is -0.740. The number of hydrogen-bond acceptors (Lipinski definition) is 12. The Morgan fingerprint density at radius 3 is 1.88 bits per heavy atom. The van der Waals surface area contributed by atoms with Crippen LogP contribution in [-0.2, 0) is 23.9 Å². The van der Waals surface area contributed by atoms with Gasteiger partial charge in [0, 0.05) is 50.4 Å². The van der Waals surface area contributed by atoms with Crippen LogP contribution in [0, 0.1) is 11.8 Å². The van der Waals surface area contributed by atoms with Crippen LogP contribution in [0.2, 0.25) is 0 Å². The molecule has 0 bridgehead atoms. The third-order valence-corrected chi connectivity index (χ3v) is 11.8. The van der Waals surface area contributed by atoms with E-state index in [9.17, 15) is 19.2 Å². The van der Waals surface area contributed by atoms with Crippen molar-refractivity contribution >= 4 is 46.0 Å². The summed E-state index contributed by atoms with van der Waals surface area (Å²) in [6, 6.07) is 7.17. The second kappa shape index (κ2) is 17.8. The minimum Gasteiger partial charge on any atom is -0.474 e. The monoisotopic (exact) mass is 822 g/mol. The number of pyridine rings is 3. The van der Waals surface area contributed by atoms with E-state index in [0.29, 0.717) is 59.8 Å². The predicted molar refractivity (Wildman–Crippen MR) is 220 cm³/mol. The second-order valence-electron chi connectivity index (χ2n) is 16.9. The number of nitrogens with zero attached hydrogens (tertiary/aromatic N) is 7. The number of rotatable bonds is 8. The maximum atomic E-state index is 13.5. The molecule has 5 fully saturated rings. The summed E-state index contributed by atoms with van der Waals surface area (Å²) < 4.78 is 19.2. The molecule has 4 amide bonds. The number of hydrogen-bond donors (Lipinski definition) is 3. The Labute approximate surface area is 348 Å². The van der Waals surface area contributed by atoms with E-state index in [4.69, 9.17) is 25.7 Å². The molecule has 0 radical (unpaired) electrons. The largest absolute Gasteiger partial charge is 0.474 e. The van der Waals surface area contributed by atoms with Crippen molar-refractivity contribution in [2.75, 3.05) is 30.7 Å². The molecule has 318 valence electrons. The molecule has 4 aromatic rings. The third-order valence-electron chi connectivity index (χ3n) is 11.8. The summed E-state index contributed by atoms with van der Waals surface area (Å²) in [6.45, 7) is 5.88. The van der Waals surface area contributed by atoms with Crippen molar-refractivity contribution in [3.8, 4) is 11.8 Å². The zero-order valence-corrected chi connectivity index (χ0v) is 34.2. The minimum absolute atomic E-state index is 0.138. The van der Waals surface area contributed by atoms with Crippen molar-refractivity contribution in [2.45, 2.75) is 115 Å². The van der Waals surface area contributed by atoms with Crippen LogP contribution in [0.1, 0.15) is 114 Å². The van der Waals surface area contributed by atoms with Gasteiger partial charge in [0.1, 0.15) is 29.8 Å². The van der Waals surface area contributed by atoms with Crippen molar-refractivity contribution in [3.05, 3.63) is 60.2 Å². The van der Waals surface area contributed by atoms with Crippen molar-refractivity contribution in [1.82, 2.24) is 34.5 Å². The minimum atomic E-state index is -0.900. The summed E-state index contributed by atoms with van der Waals surface area (Å²) in [4.78, 5) is 66.3. The first-order valence-electron chi connectivity index (χ1n) is 21.2. The van der Waals surface area contributed by atoms with E-state index in [1.165, 1.54) is 6.20 Å². The number of primary amides is 1. The van der Waals surface area contributed by atoms with Crippen molar-refractivity contribution in [2.24, 2.45) is 17.6 Å². The highest BCUT2D eigenvalue weighted by atomic mass is 16.5.